The maximum atomic E-state index is 12.4. The van der Waals surface area contributed by atoms with E-state index in [-0.39, 0.29) is 17.3 Å². The van der Waals surface area contributed by atoms with Gasteiger partial charge in [-0.15, -0.1) is 0 Å². The molecule has 2 heterocycles. The first kappa shape index (κ1) is 16.7. The third-order valence-corrected chi connectivity index (χ3v) is 6.50. The van der Waals surface area contributed by atoms with Gasteiger partial charge in [-0.2, -0.15) is 0 Å². The normalized spacial score (nSPS) is 26.6. The molecule has 5 nitrogen and oxygen atoms in total. The number of hydrogen-bond acceptors (Lipinski definition) is 4. The van der Waals surface area contributed by atoms with Crippen LogP contribution in [0.1, 0.15) is 45.4 Å². The van der Waals surface area contributed by atoms with E-state index in [9.17, 15) is 4.79 Å². The van der Waals surface area contributed by atoms with Gasteiger partial charge >= 0.3 is 5.97 Å². The van der Waals surface area contributed by atoms with Crippen molar-refractivity contribution in [2.24, 2.45) is 10.8 Å². The molecule has 2 aromatic heterocycles. The largest absolute Gasteiger partial charge is 0.469 e. The number of ether oxygens (including phenoxy) is 1. The predicted molar refractivity (Wildman–Crippen MR) is 91.6 cm³/mol. The number of esters is 1. The van der Waals surface area contributed by atoms with Crippen molar-refractivity contribution in [2.75, 3.05) is 7.11 Å². The molecular weight excluding hydrogens is 382 g/mol. The molecule has 0 aliphatic heterocycles. The summed E-state index contributed by atoms with van der Waals surface area (Å²) in [6.07, 6.45) is 5.15. The fourth-order valence-corrected chi connectivity index (χ4v) is 4.68. The van der Waals surface area contributed by atoms with Crippen molar-refractivity contribution in [3.8, 4) is 0 Å². The van der Waals surface area contributed by atoms with E-state index in [1.54, 1.807) is 6.20 Å². The smallest absolute Gasteiger partial charge is 0.312 e. The number of nitrogens with zero attached hydrogens (tertiary/aromatic N) is 3. The lowest BCUT2D eigenvalue weighted by Crippen LogP contribution is -2.41. The summed E-state index contributed by atoms with van der Waals surface area (Å²) in [4.78, 5) is 21.2. The van der Waals surface area contributed by atoms with E-state index in [4.69, 9.17) is 16.3 Å². The lowest BCUT2D eigenvalue weighted by atomic mass is 9.65. The van der Waals surface area contributed by atoms with Gasteiger partial charge in [0.15, 0.2) is 5.15 Å². The third-order valence-electron chi connectivity index (χ3n) is 5.67. The van der Waals surface area contributed by atoms with E-state index in [0.29, 0.717) is 9.76 Å². The van der Waals surface area contributed by atoms with Crippen LogP contribution in [0, 0.1) is 10.8 Å². The van der Waals surface area contributed by atoms with Crippen LogP contribution in [0.3, 0.4) is 0 Å². The Kier molecular flexibility index (Phi) is 3.96. The molecule has 0 aromatic carbocycles. The highest BCUT2D eigenvalue weighted by molar-refractivity contribution is 9.10. The van der Waals surface area contributed by atoms with Crippen molar-refractivity contribution in [3.05, 3.63) is 28.0 Å². The molecule has 7 heteroatoms. The maximum absolute atomic E-state index is 12.4. The Balaban J connectivity index is 2.14. The quantitative estimate of drug-likeness (QED) is 0.708. The number of rotatable bonds is 2. The van der Waals surface area contributed by atoms with Crippen LogP contribution in [0.5, 0.6) is 0 Å². The highest BCUT2D eigenvalue weighted by atomic mass is 79.9. The highest BCUT2D eigenvalue weighted by Gasteiger charge is 2.58. The number of carbonyl (C=O) groups is 1. The number of fused-ring (bicyclic) bond motifs is 1. The van der Waals surface area contributed by atoms with Crippen LogP contribution in [0.15, 0.2) is 17.0 Å². The van der Waals surface area contributed by atoms with Gasteiger partial charge in [0.05, 0.1) is 12.5 Å². The van der Waals surface area contributed by atoms with Crippen LogP contribution in [0.25, 0.3) is 5.52 Å². The van der Waals surface area contributed by atoms with E-state index >= 15 is 0 Å². The van der Waals surface area contributed by atoms with Gasteiger partial charge < -0.3 is 4.74 Å². The molecule has 3 rings (SSSR count). The monoisotopic (exact) mass is 399 g/mol. The predicted octanol–water partition coefficient (Wildman–Crippen LogP) is 4.23. The second-order valence-electron chi connectivity index (χ2n) is 6.83. The number of aromatic nitrogens is 3. The first-order chi connectivity index (χ1) is 10.7. The number of imidazole rings is 1. The van der Waals surface area contributed by atoms with Gasteiger partial charge in [-0.3, -0.25) is 9.20 Å². The van der Waals surface area contributed by atoms with Gasteiger partial charge in [-0.05, 0) is 41.1 Å². The number of halogens is 2. The number of methoxy groups -OCH3 is 1. The Bertz CT molecular complexity index is 789. The molecule has 0 amide bonds. The zero-order chi connectivity index (χ0) is 17.0. The van der Waals surface area contributed by atoms with Gasteiger partial charge in [-0.25, -0.2) is 9.97 Å². The van der Waals surface area contributed by atoms with E-state index in [2.05, 4.69) is 39.7 Å². The molecule has 0 unspecified atom stereocenters. The molecule has 0 saturated heterocycles. The molecule has 0 N–H and O–H groups in total. The summed E-state index contributed by atoms with van der Waals surface area (Å²) in [6.45, 7) is 6.21. The lowest BCUT2D eigenvalue weighted by molar-refractivity contribution is -0.157. The van der Waals surface area contributed by atoms with Gasteiger partial charge in [0.1, 0.15) is 15.9 Å². The molecule has 1 aliphatic rings. The summed E-state index contributed by atoms with van der Waals surface area (Å²) in [6, 6.07) is 0. The topological polar surface area (TPSA) is 56.5 Å². The summed E-state index contributed by atoms with van der Waals surface area (Å²) in [5.41, 5.74) is -0.0791. The Hall–Kier alpha value is -1.14. The van der Waals surface area contributed by atoms with Crippen molar-refractivity contribution in [1.82, 2.24) is 14.4 Å². The summed E-state index contributed by atoms with van der Waals surface area (Å²) >= 11 is 9.68. The molecule has 2 atom stereocenters. The Morgan fingerprint density at radius 1 is 1.48 bits per heavy atom. The van der Waals surface area contributed by atoms with Crippen molar-refractivity contribution in [3.63, 3.8) is 0 Å². The van der Waals surface area contributed by atoms with Crippen molar-refractivity contribution >= 4 is 39.0 Å². The maximum Gasteiger partial charge on any atom is 0.312 e. The van der Waals surface area contributed by atoms with Crippen molar-refractivity contribution in [2.45, 2.75) is 39.5 Å². The molecule has 124 valence electrons. The fourth-order valence-electron chi connectivity index (χ4n) is 3.77. The van der Waals surface area contributed by atoms with Crippen LogP contribution < -0.4 is 0 Å². The third kappa shape index (κ3) is 2.22. The summed E-state index contributed by atoms with van der Waals surface area (Å²) in [5, 5.41) is 0.407. The molecular formula is C16H19BrClN3O2. The van der Waals surface area contributed by atoms with E-state index in [0.717, 1.165) is 24.2 Å². The van der Waals surface area contributed by atoms with Crippen molar-refractivity contribution < 1.29 is 9.53 Å². The van der Waals surface area contributed by atoms with Crippen molar-refractivity contribution in [1.29, 1.82) is 0 Å². The number of carbonyl (C=O) groups excluding carboxylic acids is 1. The van der Waals surface area contributed by atoms with Crippen LogP contribution in [-0.2, 0) is 9.53 Å². The van der Waals surface area contributed by atoms with Crippen LogP contribution in [0.4, 0.5) is 0 Å². The highest BCUT2D eigenvalue weighted by Crippen LogP contribution is 2.60. The summed E-state index contributed by atoms with van der Waals surface area (Å²) in [5.74, 6) is 0.849. The van der Waals surface area contributed by atoms with Crippen LogP contribution in [0.2, 0.25) is 5.15 Å². The van der Waals surface area contributed by atoms with E-state index < -0.39 is 5.41 Å². The standard InChI is InChI=1S/C16H19BrClN3O2/c1-15(2)9(5-6-16(15,3)14(22)23-4)13-20-11(17)10-12(18)19-7-8-21(10)13/h7-9H,5-6H2,1-4H3/t9-,16+/m0/s1. The zero-order valence-electron chi connectivity index (χ0n) is 13.6. The summed E-state index contributed by atoms with van der Waals surface area (Å²) < 4.78 is 7.70. The van der Waals surface area contributed by atoms with E-state index in [1.165, 1.54) is 7.11 Å². The molecule has 23 heavy (non-hydrogen) atoms. The minimum Gasteiger partial charge on any atom is -0.469 e. The van der Waals surface area contributed by atoms with Crippen LogP contribution >= 0.6 is 27.5 Å². The van der Waals surface area contributed by atoms with Gasteiger partial charge in [0, 0.05) is 18.3 Å². The molecule has 0 bridgehead atoms. The average Bonchev–Trinajstić information content (AvgIpc) is 2.95. The minimum atomic E-state index is -0.540. The second kappa shape index (κ2) is 5.45. The van der Waals surface area contributed by atoms with E-state index in [1.807, 2.05) is 17.5 Å². The fraction of sp³-hybridized carbons (Fsp3) is 0.562. The molecule has 0 spiro atoms. The molecule has 1 saturated carbocycles. The molecule has 1 fully saturated rings. The molecule has 0 radical (unpaired) electrons. The Morgan fingerprint density at radius 2 is 2.17 bits per heavy atom. The van der Waals surface area contributed by atoms with Gasteiger partial charge in [0.2, 0.25) is 0 Å². The summed E-state index contributed by atoms with van der Waals surface area (Å²) in [7, 11) is 1.45. The van der Waals surface area contributed by atoms with Gasteiger partial charge in [-0.1, -0.05) is 25.4 Å². The lowest BCUT2D eigenvalue weighted by Gasteiger charge is -2.38. The number of hydrogen-bond donors (Lipinski definition) is 0. The Morgan fingerprint density at radius 3 is 2.83 bits per heavy atom. The Labute approximate surface area is 148 Å². The van der Waals surface area contributed by atoms with Gasteiger partial charge in [0.25, 0.3) is 0 Å². The van der Waals surface area contributed by atoms with Crippen LogP contribution in [-0.4, -0.2) is 27.4 Å². The minimum absolute atomic E-state index is 0.115. The molecule has 2 aromatic rings. The zero-order valence-corrected chi connectivity index (χ0v) is 15.9. The molecule has 1 aliphatic carbocycles. The first-order valence-corrected chi connectivity index (χ1v) is 8.67. The second-order valence-corrected chi connectivity index (χ2v) is 7.94. The first-order valence-electron chi connectivity index (χ1n) is 7.50. The SMILES string of the molecule is COC(=O)[C@@]1(C)CC[C@@H](c2nc(Br)c3c(Cl)nccn23)C1(C)C. The average molecular weight is 401 g/mol.